The number of benzene rings is 1. The molecular weight excluding hydrogens is 432 g/mol. The summed E-state index contributed by atoms with van der Waals surface area (Å²) in [6.45, 7) is 8.54. The van der Waals surface area contributed by atoms with Crippen LogP contribution < -0.4 is 15.4 Å². The molecule has 1 fully saturated rings. The van der Waals surface area contributed by atoms with E-state index in [0.717, 1.165) is 76.0 Å². The van der Waals surface area contributed by atoms with Crippen LogP contribution in [0.15, 0.2) is 29.3 Å². The van der Waals surface area contributed by atoms with Crippen LogP contribution in [-0.2, 0) is 13.0 Å². The molecule has 3 aliphatic rings. The highest BCUT2D eigenvalue weighted by Crippen LogP contribution is 2.43. The molecule has 0 saturated carbocycles. The van der Waals surface area contributed by atoms with Crippen molar-refractivity contribution < 1.29 is 4.74 Å². The lowest BCUT2D eigenvalue weighted by molar-refractivity contribution is 0.243. The van der Waals surface area contributed by atoms with E-state index in [9.17, 15) is 0 Å². The summed E-state index contributed by atoms with van der Waals surface area (Å²) < 4.78 is 5.54. The Balaban J connectivity index is 1.08. The highest BCUT2D eigenvalue weighted by Gasteiger charge is 2.30. The fourth-order valence-electron chi connectivity index (χ4n) is 5.24. The first-order valence-electron chi connectivity index (χ1n) is 12.1. The Morgan fingerprint density at radius 2 is 1.88 bits per heavy atom. The van der Waals surface area contributed by atoms with Crippen LogP contribution in [0, 0.1) is 0 Å². The first-order valence-corrected chi connectivity index (χ1v) is 12.9. The van der Waals surface area contributed by atoms with Gasteiger partial charge in [0.2, 0.25) is 0 Å². The second-order valence-electron chi connectivity index (χ2n) is 9.35. The molecule has 3 aliphatic heterocycles. The average Bonchev–Trinajstić information content (AvgIpc) is 3.21. The molecule has 5 rings (SSSR count). The molecule has 0 bridgehead atoms. The minimum absolute atomic E-state index is 0.0506. The van der Waals surface area contributed by atoms with Crippen LogP contribution in [0.25, 0.3) is 0 Å². The number of unbranched alkanes of at least 4 members (excludes halogenated alkanes) is 1. The third-order valence-corrected chi connectivity index (χ3v) is 8.32. The van der Waals surface area contributed by atoms with Crippen LogP contribution >= 0.6 is 11.3 Å². The molecule has 0 amide bonds. The molecule has 1 aromatic carbocycles. The number of fused-ring (bicyclic) bond motifs is 3. The van der Waals surface area contributed by atoms with Gasteiger partial charge in [-0.15, -0.1) is 11.3 Å². The van der Waals surface area contributed by atoms with E-state index in [1.807, 2.05) is 29.8 Å². The second kappa shape index (κ2) is 10.0. The minimum atomic E-state index is -0.0506. The number of anilines is 1. The van der Waals surface area contributed by atoms with E-state index < -0.39 is 0 Å². The number of rotatable bonds is 7. The lowest BCUT2D eigenvalue weighted by Crippen LogP contribution is -2.46. The molecular formula is C25H36N6OS. The number of nitrogens with two attached hydrogens (primary N) is 1. The summed E-state index contributed by atoms with van der Waals surface area (Å²) in [6, 6.07) is 8.33. The highest BCUT2D eigenvalue weighted by atomic mass is 32.1. The predicted molar refractivity (Wildman–Crippen MR) is 137 cm³/mol. The van der Waals surface area contributed by atoms with Crippen LogP contribution in [0.5, 0.6) is 5.75 Å². The Morgan fingerprint density at radius 1 is 1.09 bits per heavy atom. The Kier molecular flexibility index (Phi) is 6.87. The number of aliphatic imine (C=N–C) groups is 1. The molecule has 1 aromatic heterocycles. The smallest absolute Gasteiger partial charge is 0.142 e. The van der Waals surface area contributed by atoms with E-state index in [4.69, 9.17) is 15.5 Å². The molecule has 2 aromatic rings. The minimum Gasteiger partial charge on any atom is -0.495 e. The third-order valence-electron chi connectivity index (χ3n) is 7.18. The molecule has 33 heavy (non-hydrogen) atoms. The van der Waals surface area contributed by atoms with E-state index in [1.54, 1.807) is 7.11 Å². The monoisotopic (exact) mass is 468 g/mol. The van der Waals surface area contributed by atoms with Gasteiger partial charge in [0.15, 0.2) is 0 Å². The maximum absolute atomic E-state index is 6.71. The number of piperazine rings is 1. The van der Waals surface area contributed by atoms with Crippen LogP contribution in [0.3, 0.4) is 0 Å². The normalized spacial score (nSPS) is 21.2. The van der Waals surface area contributed by atoms with Crippen LogP contribution in [0.4, 0.5) is 10.7 Å². The van der Waals surface area contributed by atoms with Crippen molar-refractivity contribution in [2.24, 2.45) is 10.7 Å². The van der Waals surface area contributed by atoms with Gasteiger partial charge in [0.1, 0.15) is 16.9 Å². The summed E-state index contributed by atoms with van der Waals surface area (Å²) in [5, 5.41) is 1.13. The Labute approximate surface area is 201 Å². The average molecular weight is 469 g/mol. The van der Waals surface area contributed by atoms with E-state index in [1.165, 1.54) is 28.1 Å². The summed E-state index contributed by atoms with van der Waals surface area (Å²) in [5.74, 6) is 0.965. The zero-order valence-corrected chi connectivity index (χ0v) is 20.7. The summed E-state index contributed by atoms with van der Waals surface area (Å²) in [5.41, 5.74) is 10.7. The van der Waals surface area contributed by atoms with Gasteiger partial charge < -0.3 is 25.2 Å². The van der Waals surface area contributed by atoms with Crippen LogP contribution in [0.2, 0.25) is 0 Å². The first kappa shape index (κ1) is 22.7. The fraction of sp³-hybridized carbons (Fsp3) is 0.560. The third kappa shape index (κ3) is 4.75. The zero-order valence-electron chi connectivity index (χ0n) is 19.9. The van der Waals surface area contributed by atoms with Crippen LogP contribution in [-0.4, -0.2) is 81.0 Å². The van der Waals surface area contributed by atoms with E-state index in [0.29, 0.717) is 0 Å². The van der Waals surface area contributed by atoms with Crippen molar-refractivity contribution in [1.82, 2.24) is 14.7 Å². The Morgan fingerprint density at radius 3 is 2.70 bits per heavy atom. The molecule has 8 heteroatoms. The van der Waals surface area contributed by atoms with Gasteiger partial charge in [-0.3, -0.25) is 4.90 Å². The van der Waals surface area contributed by atoms with Gasteiger partial charge in [-0.2, -0.15) is 0 Å². The van der Waals surface area contributed by atoms with E-state index >= 15 is 0 Å². The summed E-state index contributed by atoms with van der Waals surface area (Å²) in [7, 11) is 3.94. The van der Waals surface area contributed by atoms with Gasteiger partial charge in [0.25, 0.3) is 0 Å². The standard InChI is InChI=1S/C25H36N6OS/c1-28-12-9-19-22(17-28)33-25-23(19)24(26)31(18-27-25)11-6-5-10-29-13-15-30(16-14-29)20-7-3-4-8-21(20)32-2/h3-4,7-8,18,24H,5-6,9-17,26H2,1-2H3. The first-order chi connectivity index (χ1) is 16.1. The maximum atomic E-state index is 6.71. The number of para-hydroxylation sites is 2. The number of hydrogen-bond acceptors (Lipinski definition) is 8. The highest BCUT2D eigenvalue weighted by molar-refractivity contribution is 7.16. The van der Waals surface area contributed by atoms with Gasteiger partial charge in [-0.05, 0) is 50.6 Å². The number of thiophene rings is 1. The SMILES string of the molecule is COc1ccccc1N1CCN(CCCCN2C=Nc3sc4c(c3C2N)CCN(C)C4)CC1. The summed E-state index contributed by atoms with van der Waals surface area (Å²) in [4.78, 5) is 15.9. The van der Waals surface area contributed by atoms with Gasteiger partial charge in [-0.1, -0.05) is 12.1 Å². The van der Waals surface area contributed by atoms with E-state index in [2.05, 4.69) is 38.8 Å². The quantitative estimate of drug-likeness (QED) is 0.630. The number of methoxy groups -OCH3 is 1. The molecule has 0 radical (unpaired) electrons. The molecule has 1 unspecified atom stereocenters. The molecule has 0 spiro atoms. The summed E-state index contributed by atoms with van der Waals surface area (Å²) in [6.07, 6.45) is 5.34. The molecule has 178 valence electrons. The molecule has 4 heterocycles. The van der Waals surface area contributed by atoms with Crippen molar-refractivity contribution in [3.63, 3.8) is 0 Å². The lowest BCUT2D eigenvalue weighted by atomic mass is 10.00. The van der Waals surface area contributed by atoms with Crippen molar-refractivity contribution in [3.8, 4) is 5.75 Å². The van der Waals surface area contributed by atoms with Crippen molar-refractivity contribution in [3.05, 3.63) is 40.3 Å². The Bertz CT molecular complexity index is 983. The summed E-state index contributed by atoms with van der Waals surface area (Å²) >= 11 is 1.83. The molecule has 7 nitrogen and oxygen atoms in total. The number of ether oxygens (including phenoxy) is 1. The molecule has 0 aliphatic carbocycles. The number of likely N-dealkylation sites (N-methyl/N-ethyl adjacent to an activating group) is 1. The van der Waals surface area contributed by atoms with Crippen molar-refractivity contribution in [1.29, 1.82) is 0 Å². The Hall–Kier alpha value is -2.13. The molecule has 1 saturated heterocycles. The zero-order chi connectivity index (χ0) is 22.8. The van der Waals surface area contributed by atoms with Crippen molar-refractivity contribution >= 4 is 28.4 Å². The number of hydrogen-bond donors (Lipinski definition) is 1. The van der Waals surface area contributed by atoms with Gasteiger partial charge in [0, 0.05) is 56.3 Å². The molecule has 2 N–H and O–H groups in total. The maximum Gasteiger partial charge on any atom is 0.142 e. The van der Waals surface area contributed by atoms with Gasteiger partial charge in [0.05, 0.1) is 19.1 Å². The topological polar surface area (TPSA) is 60.6 Å². The predicted octanol–water partition coefficient (Wildman–Crippen LogP) is 3.28. The van der Waals surface area contributed by atoms with E-state index in [-0.39, 0.29) is 6.17 Å². The van der Waals surface area contributed by atoms with Gasteiger partial charge >= 0.3 is 0 Å². The van der Waals surface area contributed by atoms with Crippen LogP contribution in [0.1, 0.15) is 35.0 Å². The van der Waals surface area contributed by atoms with Crippen molar-refractivity contribution in [2.45, 2.75) is 32.0 Å². The fourth-order valence-corrected chi connectivity index (χ4v) is 6.54. The molecule has 1 atom stereocenters. The van der Waals surface area contributed by atoms with Gasteiger partial charge in [-0.25, -0.2) is 4.99 Å². The lowest BCUT2D eigenvalue weighted by Gasteiger charge is -2.37. The van der Waals surface area contributed by atoms with Crippen molar-refractivity contribution in [2.75, 3.05) is 64.9 Å². The number of nitrogens with zero attached hydrogens (tertiary/aromatic N) is 5. The second-order valence-corrected chi connectivity index (χ2v) is 10.4. The largest absolute Gasteiger partial charge is 0.495 e.